The van der Waals surface area contributed by atoms with Gasteiger partial charge in [0.2, 0.25) is 0 Å². The van der Waals surface area contributed by atoms with Crippen molar-refractivity contribution in [2.24, 2.45) is 5.73 Å². The zero-order valence-corrected chi connectivity index (χ0v) is 16.7. The minimum Gasteiger partial charge on any atom is -0.496 e. The number of hydrogen-bond donors (Lipinski definition) is 6. The molecule has 1 aromatic carbocycles. The summed E-state index contributed by atoms with van der Waals surface area (Å²) in [5.74, 6) is 0.818. The first-order valence-corrected chi connectivity index (χ1v) is 9.59. The van der Waals surface area contributed by atoms with Crippen LogP contribution in [0.5, 0.6) is 5.75 Å². The van der Waals surface area contributed by atoms with Crippen molar-refractivity contribution in [2.45, 2.75) is 25.1 Å². The van der Waals surface area contributed by atoms with Crippen molar-refractivity contribution < 1.29 is 14.6 Å². The lowest BCUT2D eigenvalue weighted by Gasteiger charge is -2.26. The van der Waals surface area contributed by atoms with Gasteiger partial charge in [-0.15, -0.1) is 0 Å². The number of hydrogen-bond acceptors (Lipinski definition) is 8. The summed E-state index contributed by atoms with van der Waals surface area (Å²) in [4.78, 5) is 16.3. The SMILES string of the molecule is CNC(=O)c1ccc(Nc2cc(NC3CCNCC3)c(C(N)O)cn2)cc1OC. The van der Waals surface area contributed by atoms with Crippen LogP contribution in [0.4, 0.5) is 17.2 Å². The highest BCUT2D eigenvalue weighted by atomic mass is 16.5. The van der Waals surface area contributed by atoms with Gasteiger partial charge >= 0.3 is 0 Å². The number of aromatic nitrogens is 1. The number of benzene rings is 1. The summed E-state index contributed by atoms with van der Waals surface area (Å²) in [6, 6.07) is 7.33. The van der Waals surface area contributed by atoms with Crippen molar-refractivity contribution in [2.75, 3.05) is 37.9 Å². The zero-order valence-electron chi connectivity index (χ0n) is 16.7. The summed E-state index contributed by atoms with van der Waals surface area (Å²) < 4.78 is 5.33. The molecule has 1 atom stereocenters. The van der Waals surface area contributed by atoms with Gasteiger partial charge in [0.05, 0.1) is 12.7 Å². The number of carbonyl (C=O) groups excluding carboxylic acids is 1. The molecule has 0 radical (unpaired) electrons. The second kappa shape index (κ2) is 9.55. The summed E-state index contributed by atoms with van der Waals surface area (Å²) >= 11 is 0. The summed E-state index contributed by atoms with van der Waals surface area (Å²) in [6.07, 6.45) is 2.42. The van der Waals surface area contributed by atoms with Crippen LogP contribution in [0.25, 0.3) is 0 Å². The maximum absolute atomic E-state index is 11.9. The third kappa shape index (κ3) is 5.14. The fourth-order valence-electron chi connectivity index (χ4n) is 3.32. The van der Waals surface area contributed by atoms with Crippen LogP contribution in [-0.2, 0) is 0 Å². The van der Waals surface area contributed by atoms with E-state index in [0.717, 1.165) is 37.3 Å². The summed E-state index contributed by atoms with van der Waals surface area (Å²) in [5.41, 5.74) is 8.16. The van der Waals surface area contributed by atoms with Crippen LogP contribution in [0.15, 0.2) is 30.5 Å². The molecule has 9 heteroatoms. The molecular weight excluding hydrogens is 372 g/mol. The first kappa shape index (κ1) is 20.8. The monoisotopic (exact) mass is 400 g/mol. The molecule has 1 saturated heterocycles. The number of nitrogens with zero attached hydrogens (tertiary/aromatic N) is 1. The van der Waals surface area contributed by atoms with Crippen molar-refractivity contribution in [3.63, 3.8) is 0 Å². The van der Waals surface area contributed by atoms with Crippen molar-refractivity contribution in [1.29, 1.82) is 0 Å². The van der Waals surface area contributed by atoms with Gasteiger partial charge in [-0.3, -0.25) is 4.79 Å². The molecule has 2 heterocycles. The van der Waals surface area contributed by atoms with Crippen molar-refractivity contribution in [3.8, 4) is 5.75 Å². The average molecular weight is 400 g/mol. The standard InChI is InChI=1S/C20H28N6O3/c1-22-20(28)14-4-3-13(9-17(14)29-2)26-18-10-16(15(11-24-18)19(21)27)25-12-5-7-23-8-6-12/h3-4,9-12,19,23,27H,5-8,21H2,1-2H3,(H,22,28)(H2,24,25,26). The molecule has 3 rings (SSSR count). The van der Waals surface area contributed by atoms with Crippen molar-refractivity contribution in [3.05, 3.63) is 41.6 Å². The molecule has 7 N–H and O–H groups in total. The number of ether oxygens (including phenoxy) is 1. The van der Waals surface area contributed by atoms with Gasteiger partial charge < -0.3 is 36.8 Å². The molecule has 29 heavy (non-hydrogen) atoms. The van der Waals surface area contributed by atoms with Crippen LogP contribution >= 0.6 is 0 Å². The van der Waals surface area contributed by atoms with E-state index in [0.29, 0.717) is 28.7 Å². The lowest BCUT2D eigenvalue weighted by atomic mass is 10.1. The van der Waals surface area contributed by atoms with E-state index in [4.69, 9.17) is 10.5 Å². The Morgan fingerprint density at radius 3 is 2.76 bits per heavy atom. The molecule has 1 aliphatic heterocycles. The number of pyridine rings is 1. The van der Waals surface area contributed by atoms with Gasteiger partial charge in [0.25, 0.3) is 5.91 Å². The van der Waals surface area contributed by atoms with Crippen molar-refractivity contribution in [1.82, 2.24) is 15.6 Å². The van der Waals surface area contributed by atoms with Gasteiger partial charge in [0, 0.05) is 48.4 Å². The minimum atomic E-state index is -1.12. The van der Waals surface area contributed by atoms with E-state index in [-0.39, 0.29) is 5.91 Å². The predicted molar refractivity (Wildman–Crippen MR) is 113 cm³/mol. The number of amides is 1. The van der Waals surface area contributed by atoms with Crippen molar-refractivity contribution >= 4 is 23.1 Å². The second-order valence-electron chi connectivity index (χ2n) is 6.89. The Labute approximate surface area is 170 Å². The maximum Gasteiger partial charge on any atom is 0.254 e. The quantitative estimate of drug-likeness (QED) is 0.383. The normalized spacial score (nSPS) is 15.4. The first-order valence-electron chi connectivity index (χ1n) is 9.59. The number of methoxy groups -OCH3 is 1. The van der Waals surface area contributed by atoms with Gasteiger partial charge in [0.1, 0.15) is 17.8 Å². The van der Waals surface area contributed by atoms with E-state index in [1.807, 2.05) is 6.07 Å². The van der Waals surface area contributed by atoms with E-state index in [9.17, 15) is 9.90 Å². The van der Waals surface area contributed by atoms with Crippen LogP contribution in [0.2, 0.25) is 0 Å². The third-order valence-corrected chi connectivity index (χ3v) is 4.90. The van der Waals surface area contributed by atoms with Gasteiger partial charge in [-0.2, -0.15) is 0 Å². The van der Waals surface area contributed by atoms with E-state index < -0.39 is 6.23 Å². The Balaban J connectivity index is 1.83. The highest BCUT2D eigenvalue weighted by molar-refractivity contribution is 5.97. The smallest absolute Gasteiger partial charge is 0.254 e. The number of nitrogens with one attached hydrogen (secondary N) is 4. The molecule has 1 aromatic heterocycles. The Morgan fingerprint density at radius 2 is 2.10 bits per heavy atom. The predicted octanol–water partition coefficient (Wildman–Crippen LogP) is 1.31. The van der Waals surface area contributed by atoms with E-state index >= 15 is 0 Å². The first-order chi connectivity index (χ1) is 14.0. The van der Waals surface area contributed by atoms with Gasteiger partial charge in [0.15, 0.2) is 0 Å². The van der Waals surface area contributed by atoms with Crippen LogP contribution < -0.4 is 31.7 Å². The zero-order chi connectivity index (χ0) is 20.8. The Morgan fingerprint density at radius 1 is 1.34 bits per heavy atom. The molecule has 0 bridgehead atoms. The maximum atomic E-state index is 11.9. The average Bonchev–Trinajstić information content (AvgIpc) is 2.73. The Hall–Kier alpha value is -2.88. The van der Waals surface area contributed by atoms with Crippen LogP contribution in [0.3, 0.4) is 0 Å². The molecule has 9 nitrogen and oxygen atoms in total. The number of aliphatic hydroxyl groups is 1. The molecule has 156 valence electrons. The van der Waals surface area contributed by atoms with Gasteiger partial charge in [-0.1, -0.05) is 0 Å². The van der Waals surface area contributed by atoms with E-state index in [1.165, 1.54) is 7.11 Å². The van der Waals surface area contributed by atoms with Crippen LogP contribution in [0.1, 0.15) is 35.0 Å². The van der Waals surface area contributed by atoms with Crippen LogP contribution in [0, 0.1) is 0 Å². The summed E-state index contributed by atoms with van der Waals surface area (Å²) in [6.45, 7) is 1.90. The van der Waals surface area contributed by atoms with Crippen LogP contribution in [-0.4, -0.2) is 49.3 Å². The number of nitrogens with two attached hydrogens (primary N) is 1. The largest absolute Gasteiger partial charge is 0.496 e. The number of rotatable bonds is 7. The molecule has 0 spiro atoms. The molecular formula is C20H28N6O3. The lowest BCUT2D eigenvalue weighted by Crippen LogP contribution is -2.35. The second-order valence-corrected chi connectivity index (χ2v) is 6.89. The fraction of sp³-hybridized carbons (Fsp3) is 0.400. The highest BCUT2D eigenvalue weighted by Crippen LogP contribution is 2.28. The molecule has 1 amide bonds. The number of carbonyl (C=O) groups is 1. The number of aliphatic hydroxyl groups excluding tert-OH is 1. The van der Waals surface area contributed by atoms with Gasteiger partial charge in [-0.05, 0) is 38.1 Å². The molecule has 0 saturated carbocycles. The molecule has 2 aromatic rings. The number of piperidine rings is 1. The topological polar surface area (TPSA) is 134 Å². The molecule has 1 aliphatic rings. The molecule has 0 aliphatic carbocycles. The summed E-state index contributed by atoms with van der Waals surface area (Å²) in [7, 11) is 3.09. The van der Waals surface area contributed by atoms with E-state index in [1.54, 1.807) is 31.4 Å². The van der Waals surface area contributed by atoms with Gasteiger partial charge in [-0.25, -0.2) is 4.98 Å². The third-order valence-electron chi connectivity index (χ3n) is 4.90. The Bertz CT molecular complexity index is 852. The minimum absolute atomic E-state index is 0.221. The van der Waals surface area contributed by atoms with E-state index in [2.05, 4.69) is 26.3 Å². The highest BCUT2D eigenvalue weighted by Gasteiger charge is 2.17. The summed E-state index contributed by atoms with van der Waals surface area (Å²) in [5, 5.41) is 22.5. The molecule has 1 fully saturated rings. The lowest BCUT2D eigenvalue weighted by molar-refractivity contribution is 0.0960. The molecule has 1 unspecified atom stereocenters. The Kier molecular flexibility index (Phi) is 6.86. The fourth-order valence-corrected chi connectivity index (χ4v) is 3.32. The number of anilines is 3.